The van der Waals surface area contributed by atoms with Crippen LogP contribution in [0.4, 0.5) is 5.69 Å². The Labute approximate surface area is 104 Å². The molecular formula is C12H13NO5. The first-order valence-corrected chi connectivity index (χ1v) is 5.59. The summed E-state index contributed by atoms with van der Waals surface area (Å²) in [6.45, 7) is -0.0673. The van der Waals surface area contributed by atoms with Crippen LogP contribution in [0.25, 0.3) is 0 Å². The number of nitro benzene ring substituents is 1. The second-order valence-corrected chi connectivity index (χ2v) is 4.12. The number of benzene rings is 1. The first kappa shape index (κ1) is 12.3. The van der Waals surface area contributed by atoms with E-state index in [0.717, 1.165) is 12.8 Å². The van der Waals surface area contributed by atoms with Crippen LogP contribution in [0.3, 0.4) is 0 Å². The summed E-state index contributed by atoms with van der Waals surface area (Å²) < 4.78 is 10.3. The smallest absolute Gasteiger partial charge is 0.273 e. The molecule has 1 saturated carbocycles. The van der Waals surface area contributed by atoms with Gasteiger partial charge in [-0.25, -0.2) is 0 Å². The monoisotopic (exact) mass is 251 g/mol. The molecule has 0 aliphatic heterocycles. The summed E-state index contributed by atoms with van der Waals surface area (Å²) in [5, 5.41) is 10.7. The molecule has 1 fully saturated rings. The summed E-state index contributed by atoms with van der Waals surface area (Å²) in [5.74, 6) is 0.739. The van der Waals surface area contributed by atoms with Gasteiger partial charge >= 0.3 is 0 Å². The SMILES string of the molecule is COc1ccc([N+](=O)[O-])cc1OCC(=O)C1CC1. The molecule has 0 amide bonds. The van der Waals surface area contributed by atoms with Crippen molar-refractivity contribution in [2.45, 2.75) is 12.8 Å². The van der Waals surface area contributed by atoms with Crippen LogP contribution < -0.4 is 9.47 Å². The predicted octanol–water partition coefficient (Wildman–Crippen LogP) is 1.96. The maximum Gasteiger partial charge on any atom is 0.273 e. The molecule has 0 radical (unpaired) electrons. The zero-order valence-corrected chi connectivity index (χ0v) is 9.92. The predicted molar refractivity (Wildman–Crippen MR) is 62.9 cm³/mol. The number of hydrogen-bond acceptors (Lipinski definition) is 5. The number of methoxy groups -OCH3 is 1. The van der Waals surface area contributed by atoms with Crippen molar-refractivity contribution < 1.29 is 19.2 Å². The quantitative estimate of drug-likeness (QED) is 0.570. The maximum atomic E-state index is 11.5. The fourth-order valence-corrected chi connectivity index (χ4v) is 1.56. The van der Waals surface area contributed by atoms with Gasteiger partial charge in [0.25, 0.3) is 5.69 Å². The van der Waals surface area contributed by atoms with E-state index in [1.165, 1.54) is 25.3 Å². The van der Waals surface area contributed by atoms with Gasteiger partial charge in [0.05, 0.1) is 18.1 Å². The molecule has 0 heterocycles. The van der Waals surface area contributed by atoms with Gasteiger partial charge in [0.1, 0.15) is 6.61 Å². The molecule has 1 aliphatic rings. The summed E-state index contributed by atoms with van der Waals surface area (Å²) in [7, 11) is 1.44. The van der Waals surface area contributed by atoms with Crippen molar-refractivity contribution in [3.05, 3.63) is 28.3 Å². The lowest BCUT2D eigenvalue weighted by molar-refractivity contribution is -0.385. The average Bonchev–Trinajstić information content (AvgIpc) is 3.19. The normalized spacial score (nSPS) is 14.1. The highest BCUT2D eigenvalue weighted by Crippen LogP contribution is 2.33. The third-order valence-corrected chi connectivity index (χ3v) is 2.76. The van der Waals surface area contributed by atoms with Gasteiger partial charge in [-0.1, -0.05) is 0 Å². The van der Waals surface area contributed by atoms with Crippen molar-refractivity contribution in [1.29, 1.82) is 0 Å². The Kier molecular flexibility index (Phi) is 3.45. The number of nitrogens with zero attached hydrogens (tertiary/aromatic N) is 1. The van der Waals surface area contributed by atoms with Crippen LogP contribution in [-0.2, 0) is 4.79 Å². The fraction of sp³-hybridized carbons (Fsp3) is 0.417. The molecule has 6 heteroatoms. The van der Waals surface area contributed by atoms with Gasteiger partial charge in [0.2, 0.25) is 0 Å². The van der Waals surface area contributed by atoms with E-state index in [1.54, 1.807) is 0 Å². The highest BCUT2D eigenvalue weighted by atomic mass is 16.6. The minimum atomic E-state index is -0.519. The number of carbonyl (C=O) groups excluding carboxylic acids is 1. The van der Waals surface area contributed by atoms with Crippen molar-refractivity contribution in [2.75, 3.05) is 13.7 Å². The molecule has 0 N–H and O–H groups in total. The third-order valence-electron chi connectivity index (χ3n) is 2.76. The number of Topliss-reactive ketones (excluding diaryl/α,β-unsaturated/α-hetero) is 1. The first-order chi connectivity index (χ1) is 8.61. The molecule has 0 saturated heterocycles. The van der Waals surface area contributed by atoms with E-state index in [4.69, 9.17) is 9.47 Å². The van der Waals surface area contributed by atoms with Crippen LogP contribution in [0.15, 0.2) is 18.2 Å². The second kappa shape index (κ2) is 5.03. The summed E-state index contributed by atoms with van der Waals surface area (Å²) in [5.41, 5.74) is -0.0929. The van der Waals surface area contributed by atoms with Crippen LogP contribution in [0.5, 0.6) is 11.5 Å². The maximum absolute atomic E-state index is 11.5. The number of non-ortho nitro benzene ring substituents is 1. The average molecular weight is 251 g/mol. The van der Waals surface area contributed by atoms with E-state index in [-0.39, 0.29) is 29.7 Å². The largest absolute Gasteiger partial charge is 0.493 e. The molecule has 0 unspecified atom stereocenters. The molecule has 1 aromatic rings. The molecule has 6 nitrogen and oxygen atoms in total. The number of carbonyl (C=O) groups is 1. The van der Waals surface area contributed by atoms with Gasteiger partial charge in [-0.15, -0.1) is 0 Å². The van der Waals surface area contributed by atoms with E-state index in [2.05, 4.69) is 0 Å². The van der Waals surface area contributed by atoms with Crippen molar-refractivity contribution >= 4 is 11.5 Å². The van der Waals surface area contributed by atoms with Gasteiger partial charge in [0, 0.05) is 12.0 Å². The number of hydrogen-bond donors (Lipinski definition) is 0. The van der Waals surface area contributed by atoms with Gasteiger partial charge in [-0.3, -0.25) is 14.9 Å². The van der Waals surface area contributed by atoms with Crippen molar-refractivity contribution in [1.82, 2.24) is 0 Å². The summed E-state index contributed by atoms with van der Waals surface area (Å²) in [4.78, 5) is 21.6. The lowest BCUT2D eigenvalue weighted by atomic mass is 10.2. The number of ether oxygens (including phenoxy) is 2. The molecule has 18 heavy (non-hydrogen) atoms. The molecule has 0 aromatic heterocycles. The Bertz CT molecular complexity index is 481. The fourth-order valence-electron chi connectivity index (χ4n) is 1.56. The van der Waals surface area contributed by atoms with E-state index < -0.39 is 4.92 Å². The molecule has 1 aromatic carbocycles. The number of ketones is 1. The summed E-state index contributed by atoms with van der Waals surface area (Å²) >= 11 is 0. The third kappa shape index (κ3) is 2.77. The Morgan fingerprint density at radius 3 is 2.72 bits per heavy atom. The number of nitro groups is 1. The molecule has 1 aliphatic carbocycles. The second-order valence-electron chi connectivity index (χ2n) is 4.12. The van der Waals surface area contributed by atoms with Gasteiger partial charge in [0.15, 0.2) is 17.3 Å². The zero-order valence-electron chi connectivity index (χ0n) is 9.92. The molecule has 0 bridgehead atoms. The summed E-state index contributed by atoms with van der Waals surface area (Å²) in [6, 6.07) is 4.04. The van der Waals surface area contributed by atoms with Crippen LogP contribution in [0.1, 0.15) is 12.8 Å². The van der Waals surface area contributed by atoms with Crippen LogP contribution in [-0.4, -0.2) is 24.4 Å². The van der Waals surface area contributed by atoms with Crippen molar-refractivity contribution in [3.63, 3.8) is 0 Å². The first-order valence-electron chi connectivity index (χ1n) is 5.59. The highest BCUT2D eigenvalue weighted by Gasteiger charge is 2.29. The standard InChI is InChI=1S/C12H13NO5/c1-17-11-5-4-9(13(15)16)6-12(11)18-7-10(14)8-2-3-8/h4-6,8H,2-3,7H2,1H3. The van der Waals surface area contributed by atoms with Crippen LogP contribution >= 0.6 is 0 Å². The van der Waals surface area contributed by atoms with E-state index in [1.807, 2.05) is 0 Å². The highest BCUT2D eigenvalue weighted by molar-refractivity contribution is 5.84. The molecular weight excluding hydrogens is 238 g/mol. The number of rotatable bonds is 6. The Balaban J connectivity index is 2.10. The Morgan fingerprint density at radius 1 is 1.44 bits per heavy atom. The van der Waals surface area contributed by atoms with E-state index in [9.17, 15) is 14.9 Å². The minimum absolute atomic E-state index is 0.0311. The van der Waals surface area contributed by atoms with Gasteiger partial charge < -0.3 is 9.47 Å². The topological polar surface area (TPSA) is 78.7 Å². The molecule has 2 rings (SSSR count). The van der Waals surface area contributed by atoms with Gasteiger partial charge in [-0.2, -0.15) is 0 Å². The molecule has 0 atom stereocenters. The summed E-state index contributed by atoms with van der Waals surface area (Å²) in [6.07, 6.45) is 1.82. The van der Waals surface area contributed by atoms with Gasteiger partial charge in [-0.05, 0) is 18.9 Å². The molecule has 96 valence electrons. The Morgan fingerprint density at radius 2 is 2.17 bits per heavy atom. The van der Waals surface area contributed by atoms with E-state index >= 15 is 0 Å². The molecule has 0 spiro atoms. The lowest BCUT2D eigenvalue weighted by Crippen LogP contribution is -2.13. The zero-order chi connectivity index (χ0) is 13.1. The van der Waals surface area contributed by atoms with E-state index in [0.29, 0.717) is 5.75 Å². The van der Waals surface area contributed by atoms with Crippen molar-refractivity contribution in [2.24, 2.45) is 5.92 Å². The minimum Gasteiger partial charge on any atom is -0.493 e. The Hall–Kier alpha value is -2.11. The van der Waals surface area contributed by atoms with Crippen LogP contribution in [0, 0.1) is 16.0 Å². The lowest BCUT2D eigenvalue weighted by Gasteiger charge is -2.09. The van der Waals surface area contributed by atoms with Crippen molar-refractivity contribution in [3.8, 4) is 11.5 Å². The van der Waals surface area contributed by atoms with Crippen LogP contribution in [0.2, 0.25) is 0 Å².